The summed E-state index contributed by atoms with van der Waals surface area (Å²) in [6.07, 6.45) is 5.66. The van der Waals surface area contributed by atoms with Crippen LogP contribution in [-0.2, 0) is 0 Å². The van der Waals surface area contributed by atoms with Crippen LogP contribution in [0.1, 0.15) is 13.3 Å². The smallest absolute Gasteiger partial charge is 0.293 e. The van der Waals surface area contributed by atoms with Crippen LogP contribution in [0, 0.1) is 22.5 Å². The predicted octanol–water partition coefficient (Wildman–Crippen LogP) is 3.07. The van der Waals surface area contributed by atoms with Gasteiger partial charge in [0.2, 0.25) is 0 Å². The van der Waals surface area contributed by atoms with Gasteiger partial charge in [-0.2, -0.15) is 0 Å². The molecule has 84 valence electrons. The molecular weight excluding hydrogens is 228 g/mol. The van der Waals surface area contributed by atoms with E-state index in [4.69, 9.17) is 18.0 Å². The number of nitro groups is 1. The van der Waals surface area contributed by atoms with Crippen molar-refractivity contribution in [2.45, 2.75) is 19.4 Å². The molecule has 1 aromatic carbocycles. The Hall–Kier alpha value is -1.73. The number of hydrogen-bond donors (Lipinski definition) is 1. The summed E-state index contributed by atoms with van der Waals surface area (Å²) >= 11 is 5.69. The summed E-state index contributed by atoms with van der Waals surface area (Å²) in [4.78, 5) is 10.3. The molecule has 0 heterocycles. The molecule has 1 atom stereocenters. The fraction of sp³-hybridized carbons (Fsp3) is 0.273. The van der Waals surface area contributed by atoms with E-state index in [1.807, 2.05) is 6.92 Å². The van der Waals surface area contributed by atoms with Gasteiger partial charge >= 0.3 is 0 Å². The van der Waals surface area contributed by atoms with Crippen LogP contribution in [0.15, 0.2) is 18.2 Å². The molecule has 1 aromatic rings. The first-order valence-electron chi connectivity index (χ1n) is 4.68. The minimum Gasteiger partial charge on any atom is -0.376 e. The zero-order valence-corrected chi connectivity index (χ0v) is 9.49. The standard InChI is InChI=1S/C11H11ClN2O2/c1-3-4-8(2)13-10-6-5-9(12)7-11(10)14(15)16/h1,5-8,13H,4H2,2H3. The van der Waals surface area contributed by atoms with E-state index < -0.39 is 4.92 Å². The van der Waals surface area contributed by atoms with Crippen molar-refractivity contribution in [1.29, 1.82) is 0 Å². The third-order valence-corrected chi connectivity index (χ3v) is 2.22. The average Bonchev–Trinajstić information content (AvgIpc) is 2.20. The molecule has 0 aromatic heterocycles. The third kappa shape index (κ3) is 3.14. The number of benzene rings is 1. The Morgan fingerprint density at radius 3 is 2.94 bits per heavy atom. The number of rotatable bonds is 4. The van der Waals surface area contributed by atoms with Gasteiger partial charge in [-0.25, -0.2) is 0 Å². The van der Waals surface area contributed by atoms with E-state index >= 15 is 0 Å². The molecule has 0 saturated carbocycles. The van der Waals surface area contributed by atoms with E-state index in [1.54, 1.807) is 12.1 Å². The predicted molar refractivity (Wildman–Crippen MR) is 64.6 cm³/mol. The van der Waals surface area contributed by atoms with Crippen LogP contribution >= 0.6 is 11.6 Å². The maximum absolute atomic E-state index is 10.8. The molecule has 0 aliphatic heterocycles. The van der Waals surface area contributed by atoms with Gasteiger partial charge in [0.25, 0.3) is 5.69 Å². The van der Waals surface area contributed by atoms with Gasteiger partial charge in [0.05, 0.1) is 4.92 Å². The SMILES string of the molecule is C#CCC(C)Nc1ccc(Cl)cc1[N+](=O)[O-]. The summed E-state index contributed by atoms with van der Waals surface area (Å²) in [6.45, 7) is 1.86. The van der Waals surface area contributed by atoms with Crippen molar-refractivity contribution in [2.75, 3.05) is 5.32 Å². The van der Waals surface area contributed by atoms with Crippen molar-refractivity contribution < 1.29 is 4.92 Å². The zero-order chi connectivity index (χ0) is 12.1. The van der Waals surface area contributed by atoms with E-state index in [2.05, 4.69) is 11.2 Å². The Morgan fingerprint density at radius 2 is 2.38 bits per heavy atom. The minimum absolute atomic E-state index is 0.0233. The maximum Gasteiger partial charge on any atom is 0.293 e. The molecule has 0 fully saturated rings. The number of nitro benzene ring substituents is 1. The van der Waals surface area contributed by atoms with Crippen LogP contribution < -0.4 is 5.32 Å². The molecule has 0 radical (unpaired) electrons. The van der Waals surface area contributed by atoms with E-state index in [1.165, 1.54) is 6.07 Å². The fourth-order valence-corrected chi connectivity index (χ4v) is 1.44. The second-order valence-corrected chi connectivity index (χ2v) is 3.81. The number of anilines is 1. The molecule has 0 saturated heterocycles. The highest BCUT2D eigenvalue weighted by molar-refractivity contribution is 6.30. The quantitative estimate of drug-likeness (QED) is 0.498. The Labute approximate surface area is 98.8 Å². The molecule has 5 heteroatoms. The summed E-state index contributed by atoms with van der Waals surface area (Å²) in [5, 5.41) is 14.1. The molecule has 0 aliphatic rings. The zero-order valence-electron chi connectivity index (χ0n) is 8.74. The summed E-state index contributed by atoms with van der Waals surface area (Å²) in [5.41, 5.74) is 0.383. The van der Waals surface area contributed by atoms with Gasteiger partial charge in [0.15, 0.2) is 0 Å². The maximum atomic E-state index is 10.8. The Kier molecular flexibility index (Phi) is 4.15. The van der Waals surface area contributed by atoms with Gasteiger partial charge in [-0.05, 0) is 19.1 Å². The van der Waals surface area contributed by atoms with Crippen molar-refractivity contribution in [2.24, 2.45) is 0 Å². The van der Waals surface area contributed by atoms with Crippen molar-refractivity contribution in [1.82, 2.24) is 0 Å². The Bertz CT molecular complexity index is 440. The number of nitrogens with zero attached hydrogens (tertiary/aromatic N) is 1. The first kappa shape index (κ1) is 12.3. The van der Waals surface area contributed by atoms with Crippen molar-refractivity contribution in [3.8, 4) is 12.3 Å². The molecule has 1 rings (SSSR count). The van der Waals surface area contributed by atoms with Crippen LogP contribution in [0.2, 0.25) is 5.02 Å². The Balaban J connectivity index is 2.96. The lowest BCUT2D eigenvalue weighted by Crippen LogP contribution is -2.15. The highest BCUT2D eigenvalue weighted by Crippen LogP contribution is 2.28. The molecule has 1 N–H and O–H groups in total. The molecule has 0 aliphatic carbocycles. The van der Waals surface area contributed by atoms with E-state index in [0.29, 0.717) is 17.1 Å². The molecule has 16 heavy (non-hydrogen) atoms. The van der Waals surface area contributed by atoms with Crippen LogP contribution in [0.4, 0.5) is 11.4 Å². The van der Waals surface area contributed by atoms with Crippen molar-refractivity contribution >= 4 is 23.0 Å². The minimum atomic E-state index is -0.475. The van der Waals surface area contributed by atoms with E-state index in [9.17, 15) is 10.1 Å². The third-order valence-electron chi connectivity index (χ3n) is 1.98. The van der Waals surface area contributed by atoms with Crippen LogP contribution in [-0.4, -0.2) is 11.0 Å². The number of hydrogen-bond acceptors (Lipinski definition) is 3. The van der Waals surface area contributed by atoms with Crippen LogP contribution in [0.3, 0.4) is 0 Å². The van der Waals surface area contributed by atoms with Gasteiger partial charge < -0.3 is 5.32 Å². The lowest BCUT2D eigenvalue weighted by atomic mass is 10.2. The van der Waals surface area contributed by atoms with E-state index in [-0.39, 0.29) is 11.7 Å². The molecule has 0 bridgehead atoms. The number of terminal acetylenes is 1. The van der Waals surface area contributed by atoms with Gasteiger partial charge in [0, 0.05) is 23.6 Å². The molecule has 0 spiro atoms. The lowest BCUT2D eigenvalue weighted by molar-refractivity contribution is -0.384. The molecular formula is C11H11ClN2O2. The van der Waals surface area contributed by atoms with Crippen LogP contribution in [0.5, 0.6) is 0 Å². The summed E-state index contributed by atoms with van der Waals surface area (Å²) in [6, 6.07) is 4.46. The second-order valence-electron chi connectivity index (χ2n) is 3.37. The normalized spacial score (nSPS) is 11.6. The highest BCUT2D eigenvalue weighted by Gasteiger charge is 2.15. The van der Waals surface area contributed by atoms with Gasteiger partial charge in [-0.15, -0.1) is 12.3 Å². The molecule has 0 amide bonds. The largest absolute Gasteiger partial charge is 0.376 e. The number of halogens is 1. The lowest BCUT2D eigenvalue weighted by Gasteiger charge is -2.12. The summed E-state index contributed by atoms with van der Waals surface area (Å²) < 4.78 is 0. The first-order chi connectivity index (χ1) is 7.54. The van der Waals surface area contributed by atoms with E-state index in [0.717, 1.165) is 0 Å². The van der Waals surface area contributed by atoms with Gasteiger partial charge in [-0.1, -0.05) is 11.6 Å². The van der Waals surface area contributed by atoms with Gasteiger partial charge in [-0.3, -0.25) is 10.1 Å². The average molecular weight is 239 g/mol. The number of nitrogens with one attached hydrogen (secondary N) is 1. The summed E-state index contributed by atoms with van der Waals surface area (Å²) in [7, 11) is 0. The monoisotopic (exact) mass is 238 g/mol. The van der Waals surface area contributed by atoms with Crippen molar-refractivity contribution in [3.05, 3.63) is 33.3 Å². The fourth-order valence-electron chi connectivity index (χ4n) is 1.27. The Morgan fingerprint density at radius 1 is 1.69 bits per heavy atom. The van der Waals surface area contributed by atoms with Crippen LogP contribution in [0.25, 0.3) is 0 Å². The second kappa shape index (κ2) is 5.38. The summed E-state index contributed by atoms with van der Waals surface area (Å²) in [5.74, 6) is 2.49. The first-order valence-corrected chi connectivity index (χ1v) is 5.06. The van der Waals surface area contributed by atoms with Crippen molar-refractivity contribution in [3.63, 3.8) is 0 Å². The molecule has 1 unspecified atom stereocenters. The molecule has 4 nitrogen and oxygen atoms in total. The topological polar surface area (TPSA) is 55.2 Å². The van der Waals surface area contributed by atoms with Gasteiger partial charge in [0.1, 0.15) is 5.69 Å². The highest BCUT2D eigenvalue weighted by atomic mass is 35.5.